The Morgan fingerprint density at radius 3 is 1.08 bits per heavy atom. The Hall–Kier alpha value is -2.81. The Labute approximate surface area is 533 Å². The van der Waals surface area contributed by atoms with Crippen LogP contribution in [-0.4, -0.2) is 69.4 Å². The number of nitrogens with zero attached hydrogens (tertiary/aromatic N) is 1. The van der Waals surface area contributed by atoms with Crippen LogP contribution in [0, 0.1) is 0 Å². The van der Waals surface area contributed by atoms with E-state index in [0.717, 1.165) is 83.5 Å². The lowest BCUT2D eigenvalue weighted by Gasteiger charge is -2.30. The van der Waals surface area contributed by atoms with Gasteiger partial charge in [0.1, 0.15) is 19.3 Å². The van der Waals surface area contributed by atoms with Gasteiger partial charge < -0.3 is 28.5 Å². The van der Waals surface area contributed by atoms with Gasteiger partial charge in [-0.1, -0.05) is 299 Å². The standard InChI is InChI=1S/C76H139N2O7P/c1-7-10-13-16-19-22-25-28-30-32-34-36-37-38-39-40-41-43-45-47-49-51-54-57-60-63-66-69-76(80)85-74(67-64-61-58-55-52-27-24-21-18-15-12-9-3)73(72-84-86(81,82)83-71-70-78(4,5)6)77-75(79)68-65-62-59-56-53-50-48-46-44-42-35-33-31-29-26-23-20-17-14-11-8-2/h19-20,22-23,28-31,34,36,38-39,64,67,73-74H,7-18,21,24-27,32-33,35,37,40-63,65-66,68-72H2,1-6H3,(H-,77,79,81,82)/b22-19-,23-20-,30-28-,31-29-,36-34-,39-38-,67-64-. The van der Waals surface area contributed by atoms with Crippen LogP contribution in [-0.2, 0) is 27.9 Å². The highest BCUT2D eigenvalue weighted by Gasteiger charge is 2.27. The maximum atomic E-state index is 13.6. The van der Waals surface area contributed by atoms with Crippen LogP contribution in [0.15, 0.2) is 85.1 Å². The highest BCUT2D eigenvalue weighted by Crippen LogP contribution is 2.38. The third-order valence-corrected chi connectivity index (χ3v) is 17.0. The minimum Gasteiger partial charge on any atom is -0.756 e. The number of carbonyl (C=O) groups excluding carboxylic acids is 2. The zero-order valence-corrected chi connectivity index (χ0v) is 58.2. The molecule has 10 heteroatoms. The minimum absolute atomic E-state index is 0.0251. The van der Waals surface area contributed by atoms with Gasteiger partial charge in [0, 0.05) is 12.8 Å². The summed E-state index contributed by atoms with van der Waals surface area (Å²) in [5.74, 6) is -0.539. The van der Waals surface area contributed by atoms with Crippen molar-refractivity contribution in [3.8, 4) is 0 Å². The molecule has 0 heterocycles. The Kier molecular flexibility index (Phi) is 63.0. The molecular weight excluding hydrogens is 1080 g/mol. The number of hydrogen-bond acceptors (Lipinski definition) is 7. The second kappa shape index (κ2) is 65.2. The number of quaternary nitrogens is 1. The Bertz CT molecular complexity index is 1750. The molecule has 0 aliphatic rings. The molecule has 0 aliphatic carbocycles. The van der Waals surface area contributed by atoms with Crippen molar-refractivity contribution < 1.29 is 37.3 Å². The van der Waals surface area contributed by atoms with Crippen molar-refractivity contribution in [2.75, 3.05) is 40.9 Å². The van der Waals surface area contributed by atoms with Crippen LogP contribution in [0.1, 0.15) is 335 Å². The first-order chi connectivity index (χ1) is 41.9. The smallest absolute Gasteiger partial charge is 0.306 e. The fraction of sp³-hybridized carbons (Fsp3) is 0.789. The summed E-state index contributed by atoms with van der Waals surface area (Å²) in [6.07, 6.45) is 87.0. The first-order valence-electron chi connectivity index (χ1n) is 36.4. The Balaban J connectivity index is 5.04. The van der Waals surface area contributed by atoms with Gasteiger partial charge in [0.15, 0.2) is 0 Å². The summed E-state index contributed by atoms with van der Waals surface area (Å²) in [5, 5.41) is 3.04. The second-order valence-electron chi connectivity index (χ2n) is 25.7. The Morgan fingerprint density at radius 1 is 0.407 bits per heavy atom. The first-order valence-corrected chi connectivity index (χ1v) is 37.9. The molecule has 0 bridgehead atoms. The summed E-state index contributed by atoms with van der Waals surface area (Å²) < 4.78 is 30.5. The summed E-state index contributed by atoms with van der Waals surface area (Å²) in [6, 6.07) is -0.895. The maximum Gasteiger partial charge on any atom is 0.306 e. The van der Waals surface area contributed by atoms with Crippen LogP contribution >= 0.6 is 7.82 Å². The van der Waals surface area contributed by atoms with E-state index in [2.05, 4.69) is 99.0 Å². The van der Waals surface area contributed by atoms with E-state index in [1.165, 1.54) is 218 Å². The van der Waals surface area contributed by atoms with Crippen molar-refractivity contribution in [2.45, 2.75) is 348 Å². The van der Waals surface area contributed by atoms with Gasteiger partial charge in [0.25, 0.3) is 7.82 Å². The number of hydrogen-bond donors (Lipinski definition) is 1. The maximum absolute atomic E-state index is 13.6. The largest absolute Gasteiger partial charge is 0.756 e. The molecule has 0 radical (unpaired) electrons. The predicted octanol–water partition coefficient (Wildman–Crippen LogP) is 22.7. The topological polar surface area (TPSA) is 114 Å². The number of allylic oxidation sites excluding steroid dienone is 13. The molecular formula is C76H139N2O7P. The molecule has 3 unspecified atom stereocenters. The minimum atomic E-state index is -4.71. The molecule has 0 saturated heterocycles. The van der Waals surface area contributed by atoms with Crippen molar-refractivity contribution in [3.63, 3.8) is 0 Å². The number of ether oxygens (including phenoxy) is 1. The van der Waals surface area contributed by atoms with Crippen molar-refractivity contribution in [1.82, 2.24) is 5.32 Å². The van der Waals surface area contributed by atoms with Gasteiger partial charge in [-0.2, -0.15) is 0 Å². The molecule has 500 valence electrons. The average molecular weight is 1220 g/mol. The Morgan fingerprint density at radius 2 is 0.709 bits per heavy atom. The zero-order chi connectivity index (χ0) is 62.8. The molecule has 0 aromatic carbocycles. The van der Waals surface area contributed by atoms with Crippen LogP contribution in [0.25, 0.3) is 0 Å². The molecule has 0 aliphatic heterocycles. The molecule has 0 saturated carbocycles. The van der Waals surface area contributed by atoms with E-state index in [1.807, 2.05) is 33.3 Å². The average Bonchev–Trinajstić information content (AvgIpc) is 3.65. The normalized spacial score (nSPS) is 14.0. The van der Waals surface area contributed by atoms with E-state index < -0.39 is 26.6 Å². The number of phosphoric acid groups is 1. The molecule has 0 aromatic heterocycles. The van der Waals surface area contributed by atoms with Gasteiger partial charge >= 0.3 is 5.97 Å². The number of rotatable bonds is 66. The van der Waals surface area contributed by atoms with E-state index in [-0.39, 0.29) is 24.9 Å². The van der Waals surface area contributed by atoms with Crippen LogP contribution in [0.4, 0.5) is 0 Å². The lowest BCUT2D eigenvalue weighted by molar-refractivity contribution is -0.870. The number of esters is 1. The van der Waals surface area contributed by atoms with Crippen LogP contribution in [0.2, 0.25) is 0 Å². The molecule has 9 nitrogen and oxygen atoms in total. The molecule has 3 atom stereocenters. The summed E-state index contributed by atoms with van der Waals surface area (Å²) in [6.45, 7) is 6.82. The van der Waals surface area contributed by atoms with Crippen molar-refractivity contribution in [2.24, 2.45) is 0 Å². The van der Waals surface area contributed by atoms with Crippen molar-refractivity contribution in [1.29, 1.82) is 0 Å². The number of amides is 1. The highest BCUT2D eigenvalue weighted by atomic mass is 31.2. The monoisotopic (exact) mass is 1220 g/mol. The quantitative estimate of drug-likeness (QED) is 0.0212. The third kappa shape index (κ3) is 65.6. The van der Waals surface area contributed by atoms with Gasteiger partial charge in [-0.05, 0) is 109 Å². The fourth-order valence-corrected chi connectivity index (χ4v) is 11.1. The number of phosphoric ester groups is 1. The van der Waals surface area contributed by atoms with Gasteiger partial charge in [0.2, 0.25) is 5.91 Å². The summed E-state index contributed by atoms with van der Waals surface area (Å²) >= 11 is 0. The van der Waals surface area contributed by atoms with E-state index in [1.54, 1.807) is 0 Å². The van der Waals surface area contributed by atoms with E-state index in [9.17, 15) is 19.0 Å². The van der Waals surface area contributed by atoms with E-state index in [0.29, 0.717) is 17.4 Å². The van der Waals surface area contributed by atoms with Crippen molar-refractivity contribution >= 4 is 19.7 Å². The van der Waals surface area contributed by atoms with Crippen LogP contribution in [0.3, 0.4) is 0 Å². The summed E-state index contributed by atoms with van der Waals surface area (Å²) in [4.78, 5) is 40.2. The first kappa shape index (κ1) is 83.2. The molecule has 0 spiro atoms. The second-order valence-corrected chi connectivity index (χ2v) is 27.1. The summed E-state index contributed by atoms with van der Waals surface area (Å²) in [7, 11) is 1.18. The summed E-state index contributed by atoms with van der Waals surface area (Å²) in [5.41, 5.74) is 0. The van der Waals surface area contributed by atoms with Crippen LogP contribution < -0.4 is 10.2 Å². The molecule has 86 heavy (non-hydrogen) atoms. The SMILES string of the molecule is CCCCC/C=C\C/C=C\C/C=C\C/C=C\CCCCCCCCCCCCCC(=O)OC(/C=C\CCCCCCCCCCCC)C(COP(=O)([O-])OCC[N+](C)(C)C)NC(=O)CCCCCCCCCCCCC/C=C\C/C=C\CCCCC. The molecule has 1 amide bonds. The van der Waals surface area contributed by atoms with E-state index >= 15 is 0 Å². The predicted molar refractivity (Wildman–Crippen MR) is 371 cm³/mol. The molecule has 0 rings (SSSR count). The van der Waals surface area contributed by atoms with Gasteiger partial charge in [-0.25, -0.2) is 0 Å². The van der Waals surface area contributed by atoms with Gasteiger partial charge in [0.05, 0.1) is 33.8 Å². The molecule has 1 N–H and O–H groups in total. The lowest BCUT2D eigenvalue weighted by Crippen LogP contribution is -2.47. The number of likely N-dealkylation sites (N-methyl/N-ethyl adjacent to an activating group) is 1. The highest BCUT2D eigenvalue weighted by molar-refractivity contribution is 7.45. The lowest BCUT2D eigenvalue weighted by atomic mass is 10.0. The molecule has 0 fully saturated rings. The number of unbranched alkanes of at least 4 members (excludes halogenated alkanes) is 38. The zero-order valence-electron chi connectivity index (χ0n) is 57.3. The molecule has 0 aromatic rings. The van der Waals surface area contributed by atoms with Gasteiger partial charge in [-0.15, -0.1) is 0 Å². The van der Waals surface area contributed by atoms with Crippen molar-refractivity contribution in [3.05, 3.63) is 85.1 Å². The fourth-order valence-electron chi connectivity index (χ4n) is 10.4. The third-order valence-electron chi connectivity index (χ3n) is 16.0. The van der Waals surface area contributed by atoms with E-state index in [4.69, 9.17) is 13.8 Å². The van der Waals surface area contributed by atoms with Gasteiger partial charge in [-0.3, -0.25) is 14.2 Å². The number of nitrogens with one attached hydrogen (secondary N) is 1. The van der Waals surface area contributed by atoms with Crippen LogP contribution in [0.5, 0.6) is 0 Å². The number of carbonyl (C=O) groups is 2.